The number of aliphatic hydroxyl groups excluding tert-OH is 1. The molecule has 0 saturated carbocycles. The van der Waals surface area contributed by atoms with E-state index in [-0.39, 0.29) is 30.8 Å². The quantitative estimate of drug-likeness (QED) is 0.527. The number of carbonyl (C=O) groups excluding carboxylic acids is 1. The second kappa shape index (κ2) is 7.41. The largest absolute Gasteiger partial charge is 0.395 e. The minimum absolute atomic E-state index is 0.136. The molecule has 130 valence electrons. The second-order valence-corrected chi connectivity index (χ2v) is 6.44. The highest BCUT2D eigenvalue weighted by molar-refractivity contribution is 7.22. The van der Waals surface area contributed by atoms with E-state index in [1.54, 1.807) is 12.3 Å². The van der Waals surface area contributed by atoms with Crippen LogP contribution in [0.4, 0.5) is 10.9 Å². The Morgan fingerprint density at radius 3 is 2.96 bits per heavy atom. The Balaban J connectivity index is 1.94. The normalized spacial score (nSPS) is 12.1. The van der Waals surface area contributed by atoms with Crippen LogP contribution in [0.2, 0.25) is 0 Å². The van der Waals surface area contributed by atoms with E-state index < -0.39 is 0 Å². The Labute approximate surface area is 148 Å². The minimum atomic E-state index is -0.378. The lowest BCUT2D eigenvalue weighted by molar-refractivity contribution is 0.0942. The number of aliphatic hydroxyl groups is 1. The Morgan fingerprint density at radius 2 is 2.24 bits per heavy atom. The molecule has 0 aromatic carbocycles. The molecule has 3 rings (SSSR count). The van der Waals surface area contributed by atoms with Gasteiger partial charge >= 0.3 is 0 Å². The maximum atomic E-state index is 12.3. The molecule has 0 aliphatic rings. The van der Waals surface area contributed by atoms with E-state index in [9.17, 15) is 4.79 Å². The number of hydrogen-bond donors (Lipinski definition) is 4. The molecule has 3 aromatic rings. The molecule has 0 saturated heterocycles. The summed E-state index contributed by atoms with van der Waals surface area (Å²) in [4.78, 5) is 25.4. The summed E-state index contributed by atoms with van der Waals surface area (Å²) in [6.07, 6.45) is 1.71. The summed E-state index contributed by atoms with van der Waals surface area (Å²) in [5, 5.41) is 15.2. The third-order valence-corrected chi connectivity index (χ3v) is 4.44. The number of amides is 1. The van der Waals surface area contributed by atoms with Crippen LogP contribution in [0.3, 0.4) is 0 Å². The standard InChI is InChI=1S/C16H18N6O2S/c1-9(10-4-2-3-5-18-10)20-16-21-11-8-12(17)25-14(11)13(22-16)15(24)19-6-7-23/h2-5,8-9,23H,6-7,17H2,1H3,(H,19,24)(H,20,21,22). The van der Waals surface area contributed by atoms with Gasteiger partial charge in [-0.2, -0.15) is 0 Å². The first kappa shape index (κ1) is 17.1. The van der Waals surface area contributed by atoms with Crippen molar-refractivity contribution in [3.8, 4) is 0 Å². The van der Waals surface area contributed by atoms with Gasteiger partial charge in [0.1, 0.15) is 0 Å². The zero-order valence-electron chi connectivity index (χ0n) is 13.6. The van der Waals surface area contributed by atoms with E-state index in [0.717, 1.165) is 5.69 Å². The maximum Gasteiger partial charge on any atom is 0.271 e. The van der Waals surface area contributed by atoms with Gasteiger partial charge in [-0.25, -0.2) is 9.97 Å². The molecule has 0 fully saturated rings. The predicted octanol–water partition coefficient (Wildman–Crippen LogP) is 1.56. The molecule has 8 nitrogen and oxygen atoms in total. The Kier molecular flexibility index (Phi) is 5.05. The smallest absolute Gasteiger partial charge is 0.271 e. The number of fused-ring (bicyclic) bond motifs is 1. The van der Waals surface area contributed by atoms with E-state index in [1.807, 2.05) is 25.1 Å². The van der Waals surface area contributed by atoms with E-state index >= 15 is 0 Å². The van der Waals surface area contributed by atoms with Crippen LogP contribution >= 0.6 is 11.3 Å². The summed E-state index contributed by atoms with van der Waals surface area (Å²) in [6, 6.07) is 7.21. The van der Waals surface area contributed by atoms with Crippen LogP contribution in [0.25, 0.3) is 10.2 Å². The second-order valence-electron chi connectivity index (χ2n) is 5.36. The highest BCUT2D eigenvalue weighted by Gasteiger charge is 2.18. The van der Waals surface area contributed by atoms with E-state index in [2.05, 4.69) is 25.6 Å². The minimum Gasteiger partial charge on any atom is -0.395 e. The molecular weight excluding hydrogens is 340 g/mol. The van der Waals surface area contributed by atoms with Gasteiger partial charge in [-0.3, -0.25) is 9.78 Å². The van der Waals surface area contributed by atoms with Crippen molar-refractivity contribution in [1.29, 1.82) is 0 Å². The number of nitrogens with two attached hydrogens (primary N) is 1. The van der Waals surface area contributed by atoms with Crippen molar-refractivity contribution in [1.82, 2.24) is 20.3 Å². The van der Waals surface area contributed by atoms with Crippen molar-refractivity contribution < 1.29 is 9.90 Å². The fourth-order valence-electron chi connectivity index (χ4n) is 2.32. The van der Waals surface area contributed by atoms with Gasteiger partial charge in [-0.05, 0) is 25.1 Å². The molecule has 0 aliphatic carbocycles. The van der Waals surface area contributed by atoms with Crippen LogP contribution in [0.1, 0.15) is 29.1 Å². The van der Waals surface area contributed by atoms with Crippen LogP contribution in [0, 0.1) is 0 Å². The number of anilines is 2. The third-order valence-electron chi connectivity index (χ3n) is 3.48. The van der Waals surface area contributed by atoms with Crippen LogP contribution < -0.4 is 16.4 Å². The first-order chi connectivity index (χ1) is 12.1. The van der Waals surface area contributed by atoms with Gasteiger partial charge < -0.3 is 21.5 Å². The van der Waals surface area contributed by atoms with Crippen LogP contribution in [-0.4, -0.2) is 39.1 Å². The van der Waals surface area contributed by atoms with Crippen molar-refractivity contribution in [2.24, 2.45) is 0 Å². The summed E-state index contributed by atoms with van der Waals surface area (Å²) < 4.78 is 0.615. The molecule has 3 heterocycles. The number of thiophene rings is 1. The molecule has 0 spiro atoms. The third kappa shape index (κ3) is 3.83. The van der Waals surface area contributed by atoms with E-state index in [4.69, 9.17) is 10.8 Å². The molecular formula is C16H18N6O2S. The predicted molar refractivity (Wildman–Crippen MR) is 97.5 cm³/mol. The highest BCUT2D eigenvalue weighted by atomic mass is 32.1. The van der Waals surface area contributed by atoms with Gasteiger partial charge in [-0.1, -0.05) is 6.07 Å². The van der Waals surface area contributed by atoms with Gasteiger partial charge in [0, 0.05) is 12.7 Å². The van der Waals surface area contributed by atoms with Crippen molar-refractivity contribution in [2.45, 2.75) is 13.0 Å². The van der Waals surface area contributed by atoms with E-state index in [1.165, 1.54) is 11.3 Å². The topological polar surface area (TPSA) is 126 Å². The summed E-state index contributed by atoms with van der Waals surface area (Å²) >= 11 is 1.25. The molecule has 5 N–H and O–H groups in total. The molecule has 25 heavy (non-hydrogen) atoms. The molecule has 0 bridgehead atoms. The number of rotatable bonds is 6. The number of aromatic nitrogens is 3. The number of nitrogens with one attached hydrogen (secondary N) is 2. The maximum absolute atomic E-state index is 12.3. The van der Waals surface area contributed by atoms with Gasteiger partial charge in [-0.15, -0.1) is 11.3 Å². The monoisotopic (exact) mass is 358 g/mol. The lowest BCUT2D eigenvalue weighted by Crippen LogP contribution is -2.27. The first-order valence-corrected chi connectivity index (χ1v) is 8.53. The van der Waals surface area contributed by atoms with Crippen molar-refractivity contribution in [3.63, 3.8) is 0 Å². The molecule has 1 unspecified atom stereocenters. The summed E-state index contributed by atoms with van der Waals surface area (Å²) in [6.45, 7) is 1.94. The van der Waals surface area contributed by atoms with Crippen LogP contribution in [-0.2, 0) is 0 Å². The highest BCUT2D eigenvalue weighted by Crippen LogP contribution is 2.30. The summed E-state index contributed by atoms with van der Waals surface area (Å²) in [7, 11) is 0. The Morgan fingerprint density at radius 1 is 1.40 bits per heavy atom. The van der Waals surface area contributed by atoms with Crippen LogP contribution in [0.5, 0.6) is 0 Å². The number of pyridine rings is 1. The fourth-order valence-corrected chi connectivity index (χ4v) is 3.17. The van der Waals surface area contributed by atoms with Crippen molar-refractivity contribution in [3.05, 3.63) is 41.9 Å². The Bertz CT molecular complexity index is 883. The van der Waals surface area contributed by atoms with Crippen molar-refractivity contribution in [2.75, 3.05) is 24.2 Å². The molecule has 9 heteroatoms. The lowest BCUT2D eigenvalue weighted by atomic mass is 10.2. The zero-order valence-corrected chi connectivity index (χ0v) is 14.4. The number of hydrogen-bond acceptors (Lipinski definition) is 8. The molecule has 3 aromatic heterocycles. The average molecular weight is 358 g/mol. The number of nitrogens with zero attached hydrogens (tertiary/aromatic N) is 3. The molecule has 1 amide bonds. The average Bonchev–Trinajstić information content (AvgIpc) is 2.99. The Hall–Kier alpha value is -2.78. The van der Waals surface area contributed by atoms with Crippen molar-refractivity contribution >= 4 is 38.4 Å². The lowest BCUT2D eigenvalue weighted by Gasteiger charge is -2.14. The van der Waals surface area contributed by atoms with E-state index in [0.29, 0.717) is 21.2 Å². The summed E-state index contributed by atoms with van der Waals surface area (Å²) in [5.74, 6) is -0.0607. The fraction of sp³-hybridized carbons (Fsp3) is 0.250. The van der Waals surface area contributed by atoms with Gasteiger partial charge in [0.25, 0.3) is 5.91 Å². The molecule has 0 radical (unpaired) electrons. The van der Waals surface area contributed by atoms with Gasteiger partial charge in [0.05, 0.1) is 33.6 Å². The first-order valence-electron chi connectivity index (χ1n) is 7.72. The van der Waals surface area contributed by atoms with Crippen LogP contribution in [0.15, 0.2) is 30.5 Å². The molecule has 1 atom stereocenters. The van der Waals surface area contributed by atoms with Gasteiger partial charge in [0.2, 0.25) is 5.95 Å². The molecule has 0 aliphatic heterocycles. The summed E-state index contributed by atoms with van der Waals surface area (Å²) in [5.41, 5.74) is 7.52. The zero-order chi connectivity index (χ0) is 17.8. The SMILES string of the molecule is CC(Nc1nc(C(=O)NCCO)c2sc(N)cc2n1)c1ccccn1. The van der Waals surface area contributed by atoms with Gasteiger partial charge in [0.15, 0.2) is 5.69 Å². The number of nitrogen functional groups attached to an aromatic ring is 1. The number of carbonyl (C=O) groups is 1.